The van der Waals surface area contributed by atoms with Gasteiger partial charge in [-0.1, -0.05) is 6.07 Å². The van der Waals surface area contributed by atoms with Crippen molar-refractivity contribution in [2.24, 2.45) is 0 Å². The Bertz CT molecular complexity index is 571. The number of piperazine rings is 1. The molecular weight excluding hydrogens is 262 g/mol. The zero-order valence-corrected chi connectivity index (χ0v) is 12.4. The Labute approximate surface area is 115 Å². The van der Waals surface area contributed by atoms with E-state index in [9.17, 15) is 8.42 Å². The Morgan fingerprint density at radius 2 is 2.00 bits per heavy atom. The van der Waals surface area contributed by atoms with Crippen LogP contribution in [0.15, 0.2) is 23.1 Å². The minimum Gasteiger partial charge on any atom is -0.398 e. The second-order valence-corrected chi connectivity index (χ2v) is 7.14. The molecule has 0 saturated carbocycles. The van der Waals surface area contributed by atoms with Crippen molar-refractivity contribution < 1.29 is 8.42 Å². The first kappa shape index (κ1) is 14.3. The molecule has 2 rings (SSSR count). The molecule has 106 valence electrons. The Kier molecular flexibility index (Phi) is 3.85. The van der Waals surface area contributed by atoms with E-state index < -0.39 is 10.0 Å². The predicted molar refractivity (Wildman–Crippen MR) is 76.4 cm³/mol. The maximum atomic E-state index is 12.6. The summed E-state index contributed by atoms with van der Waals surface area (Å²) in [6.45, 7) is 5.68. The number of nitrogen functional groups attached to an aromatic ring is 1. The van der Waals surface area contributed by atoms with Crippen molar-refractivity contribution >= 4 is 15.7 Å². The third-order valence-corrected chi connectivity index (χ3v) is 5.64. The lowest BCUT2D eigenvalue weighted by atomic mass is 10.2. The fourth-order valence-corrected chi connectivity index (χ4v) is 3.88. The van der Waals surface area contributed by atoms with Gasteiger partial charge in [-0.3, -0.25) is 0 Å². The molecule has 0 amide bonds. The normalized spacial score (nSPS) is 22.6. The molecule has 0 radical (unpaired) electrons. The van der Waals surface area contributed by atoms with Crippen molar-refractivity contribution in [3.8, 4) is 0 Å². The largest absolute Gasteiger partial charge is 0.398 e. The summed E-state index contributed by atoms with van der Waals surface area (Å²) in [4.78, 5) is 2.37. The van der Waals surface area contributed by atoms with E-state index in [0.29, 0.717) is 18.8 Å². The van der Waals surface area contributed by atoms with E-state index in [0.717, 1.165) is 12.1 Å². The molecule has 1 aliphatic rings. The van der Waals surface area contributed by atoms with Crippen LogP contribution in [0.1, 0.15) is 12.5 Å². The fourth-order valence-electron chi connectivity index (χ4n) is 2.28. The standard InChI is InChI=1S/C13H21N3O2S/c1-10-4-5-13(12(14)8-10)19(17,18)16-7-6-15(3)11(2)9-16/h4-5,8,11H,6-7,9,14H2,1-3H3. The topological polar surface area (TPSA) is 66.6 Å². The highest BCUT2D eigenvalue weighted by Gasteiger charge is 2.31. The van der Waals surface area contributed by atoms with Gasteiger partial charge in [-0.25, -0.2) is 8.42 Å². The molecule has 0 spiro atoms. The van der Waals surface area contributed by atoms with Crippen LogP contribution in [0.25, 0.3) is 0 Å². The molecule has 0 aliphatic carbocycles. The second-order valence-electron chi connectivity index (χ2n) is 5.23. The van der Waals surface area contributed by atoms with E-state index >= 15 is 0 Å². The number of rotatable bonds is 2. The zero-order chi connectivity index (χ0) is 14.2. The van der Waals surface area contributed by atoms with Gasteiger partial charge in [0.1, 0.15) is 4.90 Å². The van der Waals surface area contributed by atoms with E-state index in [1.54, 1.807) is 18.2 Å². The molecule has 19 heavy (non-hydrogen) atoms. The van der Waals surface area contributed by atoms with Gasteiger partial charge in [-0.2, -0.15) is 4.31 Å². The van der Waals surface area contributed by atoms with Crippen LogP contribution < -0.4 is 5.73 Å². The van der Waals surface area contributed by atoms with E-state index in [-0.39, 0.29) is 10.9 Å². The number of aryl methyl sites for hydroxylation is 1. The van der Waals surface area contributed by atoms with Gasteiger partial charge in [-0.15, -0.1) is 0 Å². The minimum absolute atomic E-state index is 0.217. The Hall–Kier alpha value is -1.11. The number of hydrogen-bond acceptors (Lipinski definition) is 4. The maximum Gasteiger partial charge on any atom is 0.245 e. The fraction of sp³-hybridized carbons (Fsp3) is 0.538. The van der Waals surface area contributed by atoms with Crippen LogP contribution in [0.5, 0.6) is 0 Å². The average Bonchev–Trinajstić information content (AvgIpc) is 2.32. The van der Waals surface area contributed by atoms with Gasteiger partial charge in [0.15, 0.2) is 0 Å². The Balaban J connectivity index is 2.32. The lowest BCUT2D eigenvalue weighted by Gasteiger charge is -2.36. The molecule has 1 saturated heterocycles. The predicted octanol–water partition coefficient (Wildman–Crippen LogP) is 0.902. The van der Waals surface area contributed by atoms with Crippen LogP contribution in [-0.4, -0.2) is 50.3 Å². The molecule has 1 heterocycles. The first-order valence-corrected chi connectivity index (χ1v) is 7.83. The first-order valence-electron chi connectivity index (χ1n) is 6.39. The van der Waals surface area contributed by atoms with Gasteiger partial charge >= 0.3 is 0 Å². The van der Waals surface area contributed by atoms with Crippen molar-refractivity contribution in [1.82, 2.24) is 9.21 Å². The van der Waals surface area contributed by atoms with Crippen LogP contribution in [0.2, 0.25) is 0 Å². The van der Waals surface area contributed by atoms with Crippen LogP contribution in [0.3, 0.4) is 0 Å². The molecule has 6 heteroatoms. The second kappa shape index (κ2) is 5.11. The van der Waals surface area contributed by atoms with E-state index in [4.69, 9.17) is 5.73 Å². The Morgan fingerprint density at radius 3 is 2.58 bits per heavy atom. The highest BCUT2D eigenvalue weighted by Crippen LogP contribution is 2.25. The molecular formula is C13H21N3O2S. The number of nitrogens with zero attached hydrogens (tertiary/aromatic N) is 2. The Morgan fingerprint density at radius 1 is 1.32 bits per heavy atom. The quantitative estimate of drug-likeness (QED) is 0.819. The van der Waals surface area contributed by atoms with Crippen molar-refractivity contribution in [2.75, 3.05) is 32.4 Å². The van der Waals surface area contributed by atoms with Crippen LogP contribution in [-0.2, 0) is 10.0 Å². The summed E-state index contributed by atoms with van der Waals surface area (Å²) in [5.74, 6) is 0. The average molecular weight is 283 g/mol. The summed E-state index contributed by atoms with van der Waals surface area (Å²) in [6, 6.07) is 5.30. The van der Waals surface area contributed by atoms with Gasteiger partial charge in [0.25, 0.3) is 0 Å². The summed E-state index contributed by atoms with van der Waals surface area (Å²) in [6.07, 6.45) is 0. The van der Waals surface area contributed by atoms with E-state index in [1.807, 2.05) is 20.9 Å². The van der Waals surface area contributed by atoms with Crippen LogP contribution >= 0.6 is 0 Å². The van der Waals surface area contributed by atoms with Crippen molar-refractivity contribution in [3.05, 3.63) is 23.8 Å². The number of hydrogen-bond donors (Lipinski definition) is 1. The number of benzene rings is 1. The number of anilines is 1. The van der Waals surface area contributed by atoms with Crippen LogP contribution in [0, 0.1) is 6.92 Å². The van der Waals surface area contributed by atoms with Crippen molar-refractivity contribution in [3.63, 3.8) is 0 Å². The molecule has 1 fully saturated rings. The van der Waals surface area contributed by atoms with Gasteiger partial charge in [0.05, 0.1) is 5.69 Å². The maximum absolute atomic E-state index is 12.6. The number of likely N-dealkylation sites (N-methyl/N-ethyl adjacent to an activating group) is 1. The smallest absolute Gasteiger partial charge is 0.245 e. The van der Waals surface area contributed by atoms with Crippen molar-refractivity contribution in [2.45, 2.75) is 24.8 Å². The molecule has 1 aromatic carbocycles. The van der Waals surface area contributed by atoms with Gasteiger partial charge < -0.3 is 10.6 Å². The monoisotopic (exact) mass is 283 g/mol. The van der Waals surface area contributed by atoms with E-state index in [1.165, 1.54) is 4.31 Å². The molecule has 1 aliphatic heterocycles. The highest BCUT2D eigenvalue weighted by atomic mass is 32.2. The minimum atomic E-state index is -3.48. The first-order chi connectivity index (χ1) is 8.82. The molecule has 0 aromatic heterocycles. The highest BCUT2D eigenvalue weighted by molar-refractivity contribution is 7.89. The number of nitrogens with two attached hydrogens (primary N) is 1. The summed E-state index contributed by atoms with van der Waals surface area (Å²) in [7, 11) is -1.48. The lowest BCUT2D eigenvalue weighted by molar-refractivity contribution is 0.159. The summed E-state index contributed by atoms with van der Waals surface area (Å²) < 4.78 is 26.7. The van der Waals surface area contributed by atoms with Crippen molar-refractivity contribution in [1.29, 1.82) is 0 Å². The zero-order valence-electron chi connectivity index (χ0n) is 11.6. The third kappa shape index (κ3) is 2.75. The molecule has 1 aromatic rings. The van der Waals surface area contributed by atoms with E-state index in [2.05, 4.69) is 4.90 Å². The molecule has 0 bridgehead atoms. The SMILES string of the molecule is Cc1ccc(S(=O)(=O)N2CCN(C)C(C)C2)c(N)c1. The molecule has 1 unspecified atom stereocenters. The summed E-state index contributed by atoms with van der Waals surface area (Å²) in [5.41, 5.74) is 7.15. The third-order valence-electron chi connectivity index (χ3n) is 3.71. The lowest BCUT2D eigenvalue weighted by Crippen LogP contribution is -2.51. The number of sulfonamides is 1. The molecule has 1 atom stereocenters. The van der Waals surface area contributed by atoms with Gasteiger partial charge in [0.2, 0.25) is 10.0 Å². The van der Waals surface area contributed by atoms with Gasteiger partial charge in [0, 0.05) is 25.7 Å². The van der Waals surface area contributed by atoms with Gasteiger partial charge in [-0.05, 0) is 38.6 Å². The summed E-state index contributed by atoms with van der Waals surface area (Å²) >= 11 is 0. The molecule has 2 N–H and O–H groups in total. The van der Waals surface area contributed by atoms with Crippen LogP contribution in [0.4, 0.5) is 5.69 Å². The molecule has 5 nitrogen and oxygen atoms in total. The summed E-state index contributed by atoms with van der Waals surface area (Å²) in [5, 5.41) is 0.